The number of hydrogen-bond acceptors (Lipinski definition) is 4. The molecule has 6 nitrogen and oxygen atoms in total. The number of ether oxygens (including phenoxy) is 2. The van der Waals surface area contributed by atoms with Gasteiger partial charge in [0.25, 0.3) is 5.91 Å². The first-order valence-corrected chi connectivity index (χ1v) is 8.78. The number of benzene rings is 2. The molecule has 0 aliphatic carbocycles. The molecule has 0 saturated heterocycles. The van der Waals surface area contributed by atoms with E-state index in [4.69, 9.17) is 15.2 Å². The van der Waals surface area contributed by atoms with E-state index in [9.17, 15) is 9.59 Å². The van der Waals surface area contributed by atoms with Crippen molar-refractivity contribution in [2.45, 2.75) is 26.2 Å². The van der Waals surface area contributed by atoms with Gasteiger partial charge in [0.1, 0.15) is 18.1 Å². The maximum atomic E-state index is 11.8. The van der Waals surface area contributed by atoms with E-state index in [2.05, 4.69) is 26.1 Å². The predicted octanol–water partition coefficient (Wildman–Crippen LogP) is 2.66. The number of nitrogens with one attached hydrogen (secondary N) is 1. The van der Waals surface area contributed by atoms with E-state index in [1.54, 1.807) is 18.2 Å². The van der Waals surface area contributed by atoms with Crippen molar-refractivity contribution >= 4 is 11.8 Å². The van der Waals surface area contributed by atoms with Gasteiger partial charge in [-0.1, -0.05) is 39.0 Å². The fourth-order valence-electron chi connectivity index (χ4n) is 2.35. The van der Waals surface area contributed by atoms with E-state index in [0.717, 1.165) is 5.75 Å². The van der Waals surface area contributed by atoms with Crippen LogP contribution in [0.5, 0.6) is 11.5 Å². The Hall–Kier alpha value is -3.02. The van der Waals surface area contributed by atoms with Crippen molar-refractivity contribution in [2.24, 2.45) is 5.73 Å². The van der Waals surface area contributed by atoms with Gasteiger partial charge in [0.2, 0.25) is 5.91 Å². The van der Waals surface area contributed by atoms with Gasteiger partial charge in [-0.05, 0) is 41.3 Å². The van der Waals surface area contributed by atoms with Crippen LogP contribution in [0.15, 0.2) is 48.5 Å². The minimum atomic E-state index is -0.544. The van der Waals surface area contributed by atoms with Crippen LogP contribution in [0.1, 0.15) is 36.7 Å². The highest BCUT2D eigenvalue weighted by molar-refractivity contribution is 5.93. The third-order valence-electron chi connectivity index (χ3n) is 3.90. The minimum absolute atomic E-state index is 0.101. The van der Waals surface area contributed by atoms with Crippen LogP contribution in [0.4, 0.5) is 0 Å². The molecule has 0 aliphatic heterocycles. The first kappa shape index (κ1) is 20.3. The van der Waals surface area contributed by atoms with E-state index in [1.807, 2.05) is 24.3 Å². The summed E-state index contributed by atoms with van der Waals surface area (Å²) in [5.74, 6) is 0.358. The molecule has 0 saturated carbocycles. The second-order valence-electron chi connectivity index (χ2n) is 7.15. The molecule has 144 valence electrons. The Kier molecular flexibility index (Phi) is 6.82. The summed E-state index contributed by atoms with van der Waals surface area (Å²) in [5.41, 5.74) is 6.88. The number of carbonyl (C=O) groups is 2. The van der Waals surface area contributed by atoms with Crippen molar-refractivity contribution in [3.63, 3.8) is 0 Å². The van der Waals surface area contributed by atoms with E-state index >= 15 is 0 Å². The van der Waals surface area contributed by atoms with Crippen LogP contribution in [-0.4, -0.2) is 31.6 Å². The highest BCUT2D eigenvalue weighted by Crippen LogP contribution is 2.24. The Morgan fingerprint density at radius 2 is 1.70 bits per heavy atom. The zero-order valence-corrected chi connectivity index (χ0v) is 16.0. The Bertz CT molecular complexity index is 780. The topological polar surface area (TPSA) is 90.7 Å². The normalized spacial score (nSPS) is 10.9. The number of hydrogen-bond donors (Lipinski definition) is 2. The van der Waals surface area contributed by atoms with Gasteiger partial charge in [0, 0.05) is 5.56 Å². The van der Waals surface area contributed by atoms with Crippen LogP contribution in [0.3, 0.4) is 0 Å². The van der Waals surface area contributed by atoms with E-state index in [1.165, 1.54) is 11.6 Å². The van der Waals surface area contributed by atoms with Crippen LogP contribution in [0.25, 0.3) is 0 Å². The molecule has 0 atom stereocenters. The predicted molar refractivity (Wildman–Crippen MR) is 104 cm³/mol. The molecule has 0 bridgehead atoms. The van der Waals surface area contributed by atoms with Crippen LogP contribution >= 0.6 is 0 Å². The summed E-state index contributed by atoms with van der Waals surface area (Å²) in [7, 11) is 0. The van der Waals surface area contributed by atoms with Gasteiger partial charge in [-0.3, -0.25) is 9.59 Å². The highest BCUT2D eigenvalue weighted by Gasteiger charge is 2.13. The van der Waals surface area contributed by atoms with Gasteiger partial charge in [-0.2, -0.15) is 0 Å². The van der Waals surface area contributed by atoms with Crippen LogP contribution in [-0.2, 0) is 10.2 Å². The lowest BCUT2D eigenvalue weighted by molar-refractivity contribution is -0.123. The maximum absolute atomic E-state index is 11.8. The number of amides is 2. The molecule has 3 N–H and O–H groups in total. The summed E-state index contributed by atoms with van der Waals surface area (Å²) in [4.78, 5) is 22.9. The van der Waals surface area contributed by atoms with Crippen LogP contribution < -0.4 is 20.5 Å². The van der Waals surface area contributed by atoms with Gasteiger partial charge < -0.3 is 20.5 Å². The molecule has 0 heterocycles. The summed E-state index contributed by atoms with van der Waals surface area (Å²) in [5, 5.41) is 2.72. The molecule has 0 fully saturated rings. The van der Waals surface area contributed by atoms with E-state index in [0.29, 0.717) is 24.5 Å². The molecular weight excluding hydrogens is 344 g/mol. The summed E-state index contributed by atoms with van der Waals surface area (Å²) in [6.07, 6.45) is 0. The van der Waals surface area contributed by atoms with Crippen molar-refractivity contribution in [3.05, 3.63) is 59.7 Å². The van der Waals surface area contributed by atoms with Gasteiger partial charge in [0.15, 0.2) is 6.61 Å². The average Bonchev–Trinajstić information content (AvgIpc) is 2.63. The summed E-state index contributed by atoms with van der Waals surface area (Å²) in [6, 6.07) is 14.3. The fourth-order valence-corrected chi connectivity index (χ4v) is 2.35. The van der Waals surface area contributed by atoms with Crippen molar-refractivity contribution in [3.8, 4) is 11.5 Å². The molecule has 2 aromatic rings. The molecule has 6 heteroatoms. The summed E-state index contributed by atoms with van der Waals surface area (Å²) in [6.45, 7) is 7.05. The molecule has 0 radical (unpaired) electrons. The molecule has 2 amide bonds. The monoisotopic (exact) mass is 370 g/mol. The third-order valence-corrected chi connectivity index (χ3v) is 3.90. The largest absolute Gasteiger partial charge is 0.492 e. The van der Waals surface area contributed by atoms with E-state index in [-0.39, 0.29) is 17.9 Å². The number of nitrogens with two attached hydrogens (primary N) is 1. The fraction of sp³-hybridized carbons (Fsp3) is 0.333. The van der Waals surface area contributed by atoms with Gasteiger partial charge in [-0.15, -0.1) is 0 Å². The molecule has 2 aromatic carbocycles. The number of carbonyl (C=O) groups excluding carboxylic acids is 2. The van der Waals surface area contributed by atoms with Gasteiger partial charge in [-0.25, -0.2) is 0 Å². The molecule has 2 rings (SSSR count). The Morgan fingerprint density at radius 1 is 1.00 bits per heavy atom. The Balaban J connectivity index is 1.69. The Labute approximate surface area is 159 Å². The van der Waals surface area contributed by atoms with Crippen LogP contribution in [0.2, 0.25) is 0 Å². The molecule has 0 spiro atoms. The SMILES string of the molecule is CC(C)(C)c1ccc(OCCNC(=O)COc2cccc(C(N)=O)c2)cc1. The zero-order chi connectivity index (χ0) is 19.9. The quantitative estimate of drug-likeness (QED) is 0.699. The van der Waals surface area contributed by atoms with Gasteiger partial charge >= 0.3 is 0 Å². The van der Waals surface area contributed by atoms with Crippen molar-refractivity contribution in [2.75, 3.05) is 19.8 Å². The number of primary amides is 1. The maximum Gasteiger partial charge on any atom is 0.258 e. The average molecular weight is 370 g/mol. The number of rotatable bonds is 8. The van der Waals surface area contributed by atoms with Crippen molar-refractivity contribution in [1.29, 1.82) is 0 Å². The summed E-state index contributed by atoms with van der Waals surface area (Å²) >= 11 is 0. The molecule has 27 heavy (non-hydrogen) atoms. The van der Waals surface area contributed by atoms with Crippen molar-refractivity contribution < 1.29 is 19.1 Å². The lowest BCUT2D eigenvalue weighted by Gasteiger charge is -2.19. The smallest absolute Gasteiger partial charge is 0.258 e. The zero-order valence-electron chi connectivity index (χ0n) is 16.0. The summed E-state index contributed by atoms with van der Waals surface area (Å²) < 4.78 is 11.0. The Morgan fingerprint density at radius 3 is 2.33 bits per heavy atom. The standard InChI is InChI=1S/C21H26N2O4/c1-21(2,3)16-7-9-17(10-8-16)26-12-11-23-19(24)14-27-18-6-4-5-15(13-18)20(22)25/h4-10,13H,11-12,14H2,1-3H3,(H2,22,25)(H,23,24). The lowest BCUT2D eigenvalue weighted by atomic mass is 9.87. The third kappa shape index (κ3) is 6.66. The second kappa shape index (κ2) is 9.07. The van der Waals surface area contributed by atoms with E-state index < -0.39 is 5.91 Å². The highest BCUT2D eigenvalue weighted by atomic mass is 16.5. The minimum Gasteiger partial charge on any atom is -0.492 e. The molecule has 0 aliphatic rings. The molecule has 0 aromatic heterocycles. The lowest BCUT2D eigenvalue weighted by Crippen LogP contribution is -2.32. The first-order valence-electron chi connectivity index (χ1n) is 8.78. The van der Waals surface area contributed by atoms with Crippen molar-refractivity contribution in [1.82, 2.24) is 5.32 Å². The first-order chi connectivity index (χ1) is 12.8. The molecule has 0 unspecified atom stereocenters. The van der Waals surface area contributed by atoms with Crippen LogP contribution in [0, 0.1) is 0 Å². The molecular formula is C21H26N2O4. The van der Waals surface area contributed by atoms with Gasteiger partial charge in [0.05, 0.1) is 6.54 Å². The second-order valence-corrected chi connectivity index (χ2v) is 7.15.